The third-order valence-electron chi connectivity index (χ3n) is 7.90. The highest BCUT2D eigenvalue weighted by molar-refractivity contribution is 5.86. The summed E-state index contributed by atoms with van der Waals surface area (Å²) in [6.45, 7) is -0.540. The van der Waals surface area contributed by atoms with Crippen molar-refractivity contribution in [3.8, 4) is 0 Å². The summed E-state index contributed by atoms with van der Waals surface area (Å²) in [5.41, 5.74) is 0. The average molecular weight is 391 g/mol. The van der Waals surface area contributed by atoms with Crippen LogP contribution in [-0.4, -0.2) is 30.9 Å². The first-order valence-electron chi connectivity index (χ1n) is 11.4. The van der Waals surface area contributed by atoms with E-state index in [4.69, 9.17) is 9.47 Å². The van der Waals surface area contributed by atoms with Crippen LogP contribution in [0.25, 0.3) is 0 Å². The van der Waals surface area contributed by atoms with Crippen molar-refractivity contribution in [1.29, 1.82) is 0 Å². The van der Waals surface area contributed by atoms with Gasteiger partial charge in [-0.15, -0.1) is 0 Å². The Morgan fingerprint density at radius 1 is 0.571 bits per heavy atom. The summed E-state index contributed by atoms with van der Waals surface area (Å²) >= 11 is 0. The molecular weight excluding hydrogens is 356 g/mol. The van der Waals surface area contributed by atoms with Crippen LogP contribution in [0.4, 0.5) is 0 Å². The van der Waals surface area contributed by atoms with E-state index < -0.39 is 0 Å². The second kappa shape index (κ2) is 8.96. The average Bonchev–Trinajstić information content (AvgIpc) is 3.34. The minimum absolute atomic E-state index is 0.0507. The molecule has 0 amide bonds. The largest absolute Gasteiger partial charge is 0.457 e. The molecule has 4 fully saturated rings. The van der Waals surface area contributed by atoms with E-state index in [1.54, 1.807) is 0 Å². The Kier molecular flexibility index (Phi) is 6.37. The summed E-state index contributed by atoms with van der Waals surface area (Å²) < 4.78 is 10.5. The molecule has 0 aromatic carbocycles. The van der Waals surface area contributed by atoms with Gasteiger partial charge in [0, 0.05) is 0 Å². The standard InChI is InChI=1S/C23H34O5/c24-21(13-27-22(25)19-9-15-5-1-2-6-16(15)10-19)14-28-23(26)20-11-17-7-3-4-8-18(17)12-20/h15-20H,1-14H2. The first-order chi connectivity index (χ1) is 13.6. The quantitative estimate of drug-likeness (QED) is 0.639. The zero-order chi connectivity index (χ0) is 19.5. The molecule has 156 valence electrons. The number of Topliss-reactive ketones (excluding diaryl/α,β-unsaturated/α-hetero) is 1. The molecule has 0 aromatic heterocycles. The molecule has 0 N–H and O–H groups in total. The van der Waals surface area contributed by atoms with Gasteiger partial charge in [-0.3, -0.25) is 14.4 Å². The molecule has 0 aromatic rings. The fourth-order valence-corrected chi connectivity index (χ4v) is 6.43. The van der Waals surface area contributed by atoms with Crippen molar-refractivity contribution >= 4 is 17.7 Å². The van der Waals surface area contributed by atoms with E-state index >= 15 is 0 Å². The highest BCUT2D eigenvalue weighted by Crippen LogP contribution is 2.46. The molecule has 4 aliphatic carbocycles. The van der Waals surface area contributed by atoms with Crippen molar-refractivity contribution in [2.45, 2.75) is 77.0 Å². The predicted octanol–water partition coefficient (Wildman–Crippen LogP) is 4.07. The van der Waals surface area contributed by atoms with Gasteiger partial charge in [0.1, 0.15) is 0 Å². The molecule has 0 bridgehead atoms. The number of carbonyl (C=O) groups is 3. The van der Waals surface area contributed by atoms with E-state index in [0.717, 1.165) is 25.7 Å². The second-order valence-electron chi connectivity index (χ2n) is 9.70. The molecule has 0 aliphatic heterocycles. The molecule has 0 spiro atoms. The molecule has 4 unspecified atom stereocenters. The zero-order valence-corrected chi connectivity index (χ0v) is 16.9. The molecule has 4 saturated carbocycles. The summed E-state index contributed by atoms with van der Waals surface area (Å²) in [7, 11) is 0. The van der Waals surface area contributed by atoms with Crippen LogP contribution in [-0.2, 0) is 23.9 Å². The first kappa shape index (κ1) is 19.9. The van der Waals surface area contributed by atoms with E-state index in [-0.39, 0.29) is 42.8 Å². The first-order valence-corrected chi connectivity index (χ1v) is 11.4. The van der Waals surface area contributed by atoms with Gasteiger partial charge < -0.3 is 9.47 Å². The van der Waals surface area contributed by atoms with Crippen LogP contribution in [0.15, 0.2) is 0 Å². The van der Waals surface area contributed by atoms with Crippen LogP contribution < -0.4 is 0 Å². The van der Waals surface area contributed by atoms with Crippen molar-refractivity contribution in [3.05, 3.63) is 0 Å². The number of rotatable bonds is 6. The Morgan fingerprint density at radius 2 is 0.893 bits per heavy atom. The van der Waals surface area contributed by atoms with Crippen LogP contribution in [0, 0.1) is 35.5 Å². The van der Waals surface area contributed by atoms with Crippen LogP contribution in [0.1, 0.15) is 77.0 Å². The van der Waals surface area contributed by atoms with Gasteiger partial charge in [0.05, 0.1) is 11.8 Å². The second-order valence-corrected chi connectivity index (χ2v) is 9.70. The van der Waals surface area contributed by atoms with Gasteiger partial charge in [-0.1, -0.05) is 51.4 Å². The lowest BCUT2D eigenvalue weighted by molar-refractivity contribution is -0.157. The van der Waals surface area contributed by atoms with E-state index in [2.05, 4.69) is 0 Å². The lowest BCUT2D eigenvalue weighted by Gasteiger charge is -2.24. The molecule has 4 rings (SSSR count). The minimum Gasteiger partial charge on any atom is -0.457 e. The maximum atomic E-state index is 12.3. The van der Waals surface area contributed by atoms with Gasteiger partial charge in [-0.25, -0.2) is 0 Å². The zero-order valence-electron chi connectivity index (χ0n) is 16.9. The molecule has 0 heterocycles. The minimum atomic E-state index is -0.326. The van der Waals surface area contributed by atoms with Gasteiger partial charge in [-0.2, -0.15) is 0 Å². The summed E-state index contributed by atoms with van der Waals surface area (Å²) in [5, 5.41) is 0. The van der Waals surface area contributed by atoms with Gasteiger partial charge in [0.15, 0.2) is 13.2 Å². The Labute approximate surface area is 167 Å². The summed E-state index contributed by atoms with van der Waals surface area (Å²) in [5.74, 6) is 1.75. The van der Waals surface area contributed by atoms with Crippen molar-refractivity contribution in [1.82, 2.24) is 0 Å². The molecule has 0 saturated heterocycles. The molecule has 4 atom stereocenters. The van der Waals surface area contributed by atoms with Crippen molar-refractivity contribution in [2.24, 2.45) is 35.5 Å². The number of ether oxygens (including phenoxy) is 2. The number of esters is 2. The van der Waals surface area contributed by atoms with Crippen molar-refractivity contribution in [2.75, 3.05) is 13.2 Å². The van der Waals surface area contributed by atoms with Crippen LogP contribution in [0.3, 0.4) is 0 Å². The summed E-state index contributed by atoms with van der Waals surface area (Å²) in [6, 6.07) is 0. The normalized spacial score (nSPS) is 37.0. The third kappa shape index (κ3) is 4.60. The van der Waals surface area contributed by atoms with E-state index in [0.29, 0.717) is 23.7 Å². The molecule has 0 radical (unpaired) electrons. The molecule has 4 aliphatic rings. The molecule has 5 nitrogen and oxygen atoms in total. The number of carbonyl (C=O) groups excluding carboxylic acids is 3. The maximum absolute atomic E-state index is 12.3. The highest BCUT2D eigenvalue weighted by atomic mass is 16.6. The highest BCUT2D eigenvalue weighted by Gasteiger charge is 2.40. The SMILES string of the molecule is O=C(COC(=O)C1CC2CCCCC2C1)COC(=O)C1CC2CCCCC2C1. The molecule has 5 heteroatoms. The van der Waals surface area contributed by atoms with Crippen molar-refractivity contribution < 1.29 is 23.9 Å². The summed E-state index contributed by atoms with van der Waals surface area (Å²) in [6.07, 6.45) is 13.7. The number of fused-ring (bicyclic) bond motifs is 2. The van der Waals surface area contributed by atoms with Gasteiger partial charge in [0.2, 0.25) is 5.78 Å². The van der Waals surface area contributed by atoms with Gasteiger partial charge in [-0.05, 0) is 49.4 Å². The topological polar surface area (TPSA) is 69.7 Å². The molecular formula is C23H34O5. The van der Waals surface area contributed by atoms with Crippen LogP contribution in [0.5, 0.6) is 0 Å². The smallest absolute Gasteiger partial charge is 0.309 e. The Morgan fingerprint density at radius 3 is 1.21 bits per heavy atom. The third-order valence-corrected chi connectivity index (χ3v) is 7.90. The number of ketones is 1. The van der Waals surface area contributed by atoms with Gasteiger partial charge in [0.25, 0.3) is 0 Å². The number of hydrogen-bond acceptors (Lipinski definition) is 5. The monoisotopic (exact) mass is 390 g/mol. The summed E-state index contributed by atoms with van der Waals surface area (Å²) in [4.78, 5) is 36.6. The van der Waals surface area contributed by atoms with Crippen molar-refractivity contribution in [3.63, 3.8) is 0 Å². The lowest BCUT2D eigenvalue weighted by atomic mass is 9.82. The fraction of sp³-hybridized carbons (Fsp3) is 0.870. The Bertz CT molecular complexity index is 522. The van der Waals surface area contributed by atoms with Gasteiger partial charge >= 0.3 is 11.9 Å². The molecule has 28 heavy (non-hydrogen) atoms. The van der Waals surface area contributed by atoms with Crippen LogP contribution in [0.2, 0.25) is 0 Å². The Balaban J connectivity index is 1.14. The van der Waals surface area contributed by atoms with Crippen LogP contribution >= 0.6 is 0 Å². The van der Waals surface area contributed by atoms with E-state index in [9.17, 15) is 14.4 Å². The predicted molar refractivity (Wildman–Crippen MR) is 103 cm³/mol. The number of hydrogen-bond donors (Lipinski definition) is 0. The lowest BCUT2D eigenvalue weighted by Crippen LogP contribution is -2.25. The maximum Gasteiger partial charge on any atom is 0.309 e. The van der Waals surface area contributed by atoms with E-state index in [1.807, 2.05) is 0 Å². The fourth-order valence-electron chi connectivity index (χ4n) is 6.43. The Hall–Kier alpha value is -1.39. The van der Waals surface area contributed by atoms with E-state index in [1.165, 1.54) is 51.4 Å².